The van der Waals surface area contributed by atoms with Gasteiger partial charge in [0.15, 0.2) is 5.96 Å². The third-order valence-electron chi connectivity index (χ3n) is 5.13. The number of guanidine groups is 1. The van der Waals surface area contributed by atoms with Gasteiger partial charge in [0.1, 0.15) is 0 Å². The molecule has 0 spiro atoms. The molecule has 3 atom stereocenters. The molecular formula is C22H37IN4O2S. The van der Waals surface area contributed by atoms with E-state index < -0.39 is 10.8 Å². The van der Waals surface area contributed by atoms with Crippen molar-refractivity contribution in [3.8, 4) is 0 Å². The Morgan fingerprint density at radius 2 is 1.90 bits per heavy atom. The molecule has 0 aliphatic heterocycles. The number of carbonyl (C=O) groups is 1. The fourth-order valence-electron chi connectivity index (χ4n) is 3.41. The molecule has 30 heavy (non-hydrogen) atoms. The number of halogens is 1. The van der Waals surface area contributed by atoms with Crippen LogP contribution in [-0.2, 0) is 22.1 Å². The van der Waals surface area contributed by atoms with Crippen LogP contribution < -0.4 is 16.0 Å². The van der Waals surface area contributed by atoms with Crippen LogP contribution in [0.1, 0.15) is 58.9 Å². The molecule has 1 fully saturated rings. The minimum atomic E-state index is -0.726. The Labute approximate surface area is 200 Å². The second-order valence-electron chi connectivity index (χ2n) is 7.84. The first-order valence-electron chi connectivity index (χ1n) is 10.7. The number of aliphatic imine (C=N–C) groups is 1. The lowest BCUT2D eigenvalue weighted by Crippen LogP contribution is -2.46. The Bertz CT molecular complexity index is 710. The highest BCUT2D eigenvalue weighted by atomic mass is 127. The largest absolute Gasteiger partial charge is 0.357 e. The zero-order valence-corrected chi connectivity index (χ0v) is 21.7. The van der Waals surface area contributed by atoms with E-state index >= 15 is 0 Å². The number of rotatable bonds is 8. The molecule has 1 saturated carbocycles. The third-order valence-corrected chi connectivity index (χ3v) is 6.87. The quantitative estimate of drug-likeness (QED) is 0.260. The van der Waals surface area contributed by atoms with Gasteiger partial charge in [0.05, 0.1) is 6.54 Å². The predicted molar refractivity (Wildman–Crippen MR) is 138 cm³/mol. The van der Waals surface area contributed by atoms with E-state index in [9.17, 15) is 9.00 Å². The molecule has 1 aromatic carbocycles. The van der Waals surface area contributed by atoms with Gasteiger partial charge in [-0.1, -0.05) is 39.3 Å². The number of hydrogen-bond acceptors (Lipinski definition) is 3. The zero-order valence-electron chi connectivity index (χ0n) is 18.6. The predicted octanol–water partition coefficient (Wildman–Crippen LogP) is 4.03. The summed E-state index contributed by atoms with van der Waals surface area (Å²) in [6.45, 7) is 9.16. The van der Waals surface area contributed by atoms with Crippen molar-refractivity contribution in [2.45, 2.75) is 71.2 Å². The molecule has 0 radical (unpaired) electrons. The summed E-state index contributed by atoms with van der Waals surface area (Å²) in [5.41, 5.74) is 1.89. The van der Waals surface area contributed by atoms with Gasteiger partial charge in [-0.2, -0.15) is 0 Å². The van der Waals surface area contributed by atoms with Crippen molar-refractivity contribution in [3.63, 3.8) is 0 Å². The number of nitrogens with one attached hydrogen (secondary N) is 3. The summed E-state index contributed by atoms with van der Waals surface area (Å²) in [5.74, 6) is 1.52. The van der Waals surface area contributed by atoms with Crippen LogP contribution in [-0.4, -0.2) is 39.7 Å². The first-order chi connectivity index (χ1) is 13.9. The lowest BCUT2D eigenvalue weighted by Gasteiger charge is -2.30. The normalized spacial score (nSPS) is 20.2. The third kappa shape index (κ3) is 8.91. The van der Waals surface area contributed by atoms with Gasteiger partial charge >= 0.3 is 0 Å². The standard InChI is InChI=1S/C22H36N4O2S.HI/c1-5-23-22(26-19-8-7-9-20(14-19)29(28)6-2)24-15-17-10-12-18(13-11-17)25-21(27)16(3)4;/h10-13,16,19-20H,5-9,14-15H2,1-4H3,(H,25,27)(H2,23,24,26);1H. The first kappa shape index (κ1) is 26.9. The molecule has 0 saturated heterocycles. The topological polar surface area (TPSA) is 82.6 Å². The van der Waals surface area contributed by atoms with Crippen LogP contribution in [0.4, 0.5) is 5.69 Å². The van der Waals surface area contributed by atoms with E-state index in [0.29, 0.717) is 17.8 Å². The van der Waals surface area contributed by atoms with Gasteiger partial charge < -0.3 is 16.0 Å². The molecule has 1 aromatic rings. The van der Waals surface area contributed by atoms with E-state index in [1.165, 1.54) is 0 Å². The Morgan fingerprint density at radius 3 is 2.50 bits per heavy atom. The van der Waals surface area contributed by atoms with Crippen LogP contribution in [0.2, 0.25) is 0 Å². The molecule has 170 valence electrons. The SMILES string of the molecule is CCNC(=NCc1ccc(NC(=O)C(C)C)cc1)NC1CCCC(S(=O)CC)C1.I. The van der Waals surface area contributed by atoms with E-state index in [1.54, 1.807) is 0 Å². The number of benzene rings is 1. The second kappa shape index (κ2) is 14.0. The number of anilines is 1. The van der Waals surface area contributed by atoms with Crippen LogP contribution in [0, 0.1) is 5.92 Å². The average molecular weight is 549 g/mol. The molecule has 1 aliphatic rings. The Morgan fingerprint density at radius 1 is 1.20 bits per heavy atom. The maximum absolute atomic E-state index is 12.2. The van der Waals surface area contributed by atoms with Crippen LogP contribution >= 0.6 is 24.0 Å². The highest BCUT2D eigenvalue weighted by Gasteiger charge is 2.26. The Kier molecular flexibility index (Phi) is 12.5. The molecule has 0 bridgehead atoms. The first-order valence-corrected chi connectivity index (χ1v) is 12.1. The molecule has 3 unspecified atom stereocenters. The summed E-state index contributed by atoms with van der Waals surface area (Å²) in [5, 5.41) is 10.0. The molecule has 3 N–H and O–H groups in total. The maximum Gasteiger partial charge on any atom is 0.226 e. The van der Waals surface area contributed by atoms with Gasteiger partial charge in [-0.15, -0.1) is 24.0 Å². The number of hydrogen-bond donors (Lipinski definition) is 3. The van der Waals surface area contributed by atoms with Gasteiger partial charge in [0, 0.05) is 46.0 Å². The highest BCUT2D eigenvalue weighted by molar-refractivity contribution is 14.0. The number of nitrogens with zero attached hydrogens (tertiary/aromatic N) is 1. The molecule has 8 heteroatoms. The van der Waals surface area contributed by atoms with Crippen molar-refractivity contribution in [3.05, 3.63) is 29.8 Å². The fourth-order valence-corrected chi connectivity index (χ4v) is 4.76. The summed E-state index contributed by atoms with van der Waals surface area (Å²) in [6.07, 6.45) is 4.20. The summed E-state index contributed by atoms with van der Waals surface area (Å²) in [4.78, 5) is 16.5. The van der Waals surface area contributed by atoms with Crippen molar-refractivity contribution in [1.29, 1.82) is 0 Å². The fraction of sp³-hybridized carbons (Fsp3) is 0.636. The van der Waals surface area contributed by atoms with Crippen molar-refractivity contribution in [1.82, 2.24) is 10.6 Å². The molecular weight excluding hydrogens is 511 g/mol. The van der Waals surface area contributed by atoms with Crippen molar-refractivity contribution < 1.29 is 9.00 Å². The lowest BCUT2D eigenvalue weighted by atomic mass is 9.95. The van der Waals surface area contributed by atoms with Gasteiger partial charge in [-0.3, -0.25) is 9.00 Å². The van der Waals surface area contributed by atoms with Crippen molar-refractivity contribution in [2.75, 3.05) is 17.6 Å². The van der Waals surface area contributed by atoms with E-state index in [0.717, 1.165) is 55.2 Å². The van der Waals surface area contributed by atoms with E-state index in [2.05, 4.69) is 22.9 Å². The summed E-state index contributed by atoms with van der Waals surface area (Å²) in [7, 11) is -0.726. The second-order valence-corrected chi connectivity index (χ2v) is 9.84. The van der Waals surface area contributed by atoms with E-state index in [1.807, 2.05) is 45.0 Å². The molecule has 0 heterocycles. The van der Waals surface area contributed by atoms with Gasteiger partial charge in [-0.25, -0.2) is 4.99 Å². The lowest BCUT2D eigenvalue weighted by molar-refractivity contribution is -0.118. The van der Waals surface area contributed by atoms with E-state index in [-0.39, 0.29) is 35.8 Å². The van der Waals surface area contributed by atoms with E-state index in [4.69, 9.17) is 4.99 Å². The van der Waals surface area contributed by atoms with Crippen LogP contribution in [0.5, 0.6) is 0 Å². The number of amides is 1. The van der Waals surface area contributed by atoms with Crippen LogP contribution in [0.25, 0.3) is 0 Å². The summed E-state index contributed by atoms with van der Waals surface area (Å²) >= 11 is 0. The molecule has 6 nitrogen and oxygen atoms in total. The summed E-state index contributed by atoms with van der Waals surface area (Å²) in [6, 6.07) is 8.12. The molecule has 1 amide bonds. The summed E-state index contributed by atoms with van der Waals surface area (Å²) < 4.78 is 12.2. The van der Waals surface area contributed by atoms with Gasteiger partial charge in [0.25, 0.3) is 0 Å². The Balaban J connectivity index is 0.00000450. The van der Waals surface area contributed by atoms with Gasteiger partial charge in [0.2, 0.25) is 5.91 Å². The smallest absolute Gasteiger partial charge is 0.226 e. The zero-order chi connectivity index (χ0) is 21.2. The van der Waals surface area contributed by atoms with Crippen molar-refractivity contribution >= 4 is 52.3 Å². The molecule has 2 rings (SSSR count). The minimum Gasteiger partial charge on any atom is -0.357 e. The monoisotopic (exact) mass is 548 g/mol. The van der Waals surface area contributed by atoms with Crippen LogP contribution in [0.3, 0.4) is 0 Å². The maximum atomic E-state index is 12.2. The average Bonchev–Trinajstić information content (AvgIpc) is 2.72. The number of carbonyl (C=O) groups excluding carboxylic acids is 1. The molecule has 1 aliphatic carbocycles. The molecule has 0 aromatic heterocycles. The highest BCUT2D eigenvalue weighted by Crippen LogP contribution is 2.23. The minimum absolute atomic E-state index is 0. The van der Waals surface area contributed by atoms with Gasteiger partial charge in [-0.05, 0) is 43.9 Å². The van der Waals surface area contributed by atoms with Crippen molar-refractivity contribution in [2.24, 2.45) is 10.9 Å². The Hall–Kier alpha value is -1.16. The van der Waals surface area contributed by atoms with Crippen LogP contribution in [0.15, 0.2) is 29.3 Å².